The Morgan fingerprint density at radius 3 is 2.81 bits per heavy atom. The molecule has 0 aliphatic carbocycles. The first-order valence-electron chi connectivity index (χ1n) is 5.62. The van der Waals surface area contributed by atoms with E-state index in [9.17, 15) is 0 Å². The molecule has 0 N–H and O–H groups in total. The van der Waals surface area contributed by atoms with Crippen molar-refractivity contribution >= 4 is 17.3 Å². The van der Waals surface area contributed by atoms with E-state index in [4.69, 9.17) is 16.4 Å². The highest BCUT2D eigenvalue weighted by molar-refractivity contribution is 6.18. The van der Waals surface area contributed by atoms with Gasteiger partial charge in [-0.3, -0.25) is 0 Å². The zero-order valence-corrected chi connectivity index (χ0v) is 10.2. The van der Waals surface area contributed by atoms with Crippen molar-refractivity contribution in [2.75, 3.05) is 5.88 Å². The largest absolute Gasteiger partial charge is 0.391 e. The normalized spacial score (nSPS) is 21.4. The van der Waals surface area contributed by atoms with Crippen molar-refractivity contribution < 1.29 is 4.84 Å². The zero-order valence-electron chi connectivity index (χ0n) is 9.40. The van der Waals surface area contributed by atoms with Gasteiger partial charge in [0.1, 0.15) is 6.10 Å². The minimum Gasteiger partial charge on any atom is -0.391 e. The van der Waals surface area contributed by atoms with E-state index in [1.165, 1.54) is 5.56 Å². The van der Waals surface area contributed by atoms with Gasteiger partial charge in [0.25, 0.3) is 0 Å². The van der Waals surface area contributed by atoms with Crippen molar-refractivity contribution in [1.82, 2.24) is 0 Å². The van der Waals surface area contributed by atoms with Gasteiger partial charge in [-0.05, 0) is 17.9 Å². The predicted octanol–water partition coefficient (Wildman–Crippen LogP) is 3.56. The smallest absolute Gasteiger partial charge is 0.146 e. The van der Waals surface area contributed by atoms with Gasteiger partial charge in [0.05, 0.1) is 11.6 Å². The SMILES string of the molecule is CC(CC1=NOC(CCl)C1)c1ccccc1. The fourth-order valence-electron chi connectivity index (χ4n) is 1.94. The number of benzene rings is 1. The van der Waals surface area contributed by atoms with Gasteiger partial charge in [-0.1, -0.05) is 42.4 Å². The number of rotatable bonds is 4. The Hall–Kier alpha value is -1.02. The van der Waals surface area contributed by atoms with Gasteiger partial charge in [0.2, 0.25) is 0 Å². The summed E-state index contributed by atoms with van der Waals surface area (Å²) >= 11 is 5.73. The molecule has 2 rings (SSSR count). The molecule has 0 saturated heterocycles. The predicted molar refractivity (Wildman–Crippen MR) is 67.1 cm³/mol. The van der Waals surface area contributed by atoms with Gasteiger partial charge in [-0.2, -0.15) is 0 Å². The molecule has 86 valence electrons. The van der Waals surface area contributed by atoms with E-state index < -0.39 is 0 Å². The summed E-state index contributed by atoms with van der Waals surface area (Å²) in [6.45, 7) is 2.21. The van der Waals surface area contributed by atoms with Crippen LogP contribution in [-0.2, 0) is 4.84 Å². The van der Waals surface area contributed by atoms with Crippen LogP contribution in [0.1, 0.15) is 31.2 Å². The summed E-state index contributed by atoms with van der Waals surface area (Å²) in [5, 5.41) is 4.09. The highest BCUT2D eigenvalue weighted by atomic mass is 35.5. The second kappa shape index (κ2) is 5.35. The van der Waals surface area contributed by atoms with E-state index in [1.807, 2.05) is 6.07 Å². The molecule has 0 spiro atoms. The van der Waals surface area contributed by atoms with E-state index in [0.29, 0.717) is 11.8 Å². The zero-order chi connectivity index (χ0) is 11.4. The van der Waals surface area contributed by atoms with E-state index in [0.717, 1.165) is 18.6 Å². The monoisotopic (exact) mass is 237 g/mol. The Kier molecular flexibility index (Phi) is 3.83. The Morgan fingerprint density at radius 2 is 2.19 bits per heavy atom. The second-order valence-corrected chi connectivity index (χ2v) is 4.57. The first-order chi connectivity index (χ1) is 7.79. The van der Waals surface area contributed by atoms with Crippen LogP contribution in [0.4, 0.5) is 0 Å². The van der Waals surface area contributed by atoms with Crippen LogP contribution in [0.2, 0.25) is 0 Å². The third-order valence-corrected chi connectivity index (χ3v) is 3.22. The average Bonchev–Trinajstić information content (AvgIpc) is 2.78. The van der Waals surface area contributed by atoms with Crippen LogP contribution in [0.3, 0.4) is 0 Å². The molecule has 1 aromatic rings. The van der Waals surface area contributed by atoms with Crippen LogP contribution in [-0.4, -0.2) is 17.7 Å². The van der Waals surface area contributed by atoms with Crippen molar-refractivity contribution in [3.8, 4) is 0 Å². The fourth-order valence-corrected chi connectivity index (χ4v) is 2.11. The van der Waals surface area contributed by atoms with Gasteiger partial charge in [-0.15, -0.1) is 11.6 Å². The third kappa shape index (κ3) is 2.76. The first-order valence-corrected chi connectivity index (χ1v) is 6.15. The minimum absolute atomic E-state index is 0.0830. The molecule has 1 aromatic carbocycles. The van der Waals surface area contributed by atoms with E-state index in [1.54, 1.807) is 0 Å². The fraction of sp³-hybridized carbons (Fsp3) is 0.462. The average molecular weight is 238 g/mol. The Balaban J connectivity index is 1.91. The molecule has 2 unspecified atom stereocenters. The summed E-state index contributed by atoms with van der Waals surface area (Å²) in [5.74, 6) is 1.00. The van der Waals surface area contributed by atoms with Crippen LogP contribution in [0.25, 0.3) is 0 Å². The summed E-state index contributed by atoms with van der Waals surface area (Å²) in [6.07, 6.45) is 1.91. The van der Waals surface area contributed by atoms with Crippen molar-refractivity contribution in [2.24, 2.45) is 5.16 Å². The highest BCUT2D eigenvalue weighted by Gasteiger charge is 2.21. The number of nitrogens with zero attached hydrogens (tertiary/aromatic N) is 1. The molecule has 0 aromatic heterocycles. The maximum atomic E-state index is 5.73. The molecule has 3 heteroatoms. The maximum Gasteiger partial charge on any atom is 0.146 e. The number of halogens is 1. The lowest BCUT2D eigenvalue weighted by Crippen LogP contribution is -2.10. The van der Waals surface area contributed by atoms with Crippen molar-refractivity contribution in [3.63, 3.8) is 0 Å². The number of hydrogen-bond acceptors (Lipinski definition) is 2. The third-order valence-electron chi connectivity index (χ3n) is 2.88. The number of alkyl halides is 1. The molecule has 1 heterocycles. The number of hydrogen-bond donors (Lipinski definition) is 0. The molecule has 1 aliphatic heterocycles. The standard InChI is InChI=1S/C13H16ClNO/c1-10(11-5-3-2-4-6-11)7-12-8-13(9-14)16-15-12/h2-6,10,13H,7-9H2,1H3. The Bertz CT molecular complexity index is 363. The van der Waals surface area contributed by atoms with Crippen molar-refractivity contribution in [3.05, 3.63) is 35.9 Å². The topological polar surface area (TPSA) is 21.6 Å². The summed E-state index contributed by atoms with van der Waals surface area (Å²) in [4.78, 5) is 5.21. The molecular formula is C13H16ClNO. The highest BCUT2D eigenvalue weighted by Crippen LogP contribution is 2.23. The lowest BCUT2D eigenvalue weighted by atomic mass is 9.94. The van der Waals surface area contributed by atoms with Crippen LogP contribution in [0.5, 0.6) is 0 Å². The number of oxime groups is 1. The molecule has 0 amide bonds. The van der Waals surface area contributed by atoms with Gasteiger partial charge >= 0.3 is 0 Å². The van der Waals surface area contributed by atoms with Gasteiger partial charge < -0.3 is 4.84 Å². The molecular weight excluding hydrogens is 222 g/mol. The molecule has 0 fully saturated rings. The lowest BCUT2D eigenvalue weighted by Gasteiger charge is -2.10. The summed E-state index contributed by atoms with van der Waals surface area (Å²) in [7, 11) is 0. The van der Waals surface area contributed by atoms with Crippen LogP contribution in [0, 0.1) is 0 Å². The van der Waals surface area contributed by atoms with E-state index >= 15 is 0 Å². The summed E-state index contributed by atoms with van der Waals surface area (Å²) in [6, 6.07) is 10.5. The Morgan fingerprint density at radius 1 is 1.44 bits per heavy atom. The molecule has 0 saturated carbocycles. The van der Waals surface area contributed by atoms with Gasteiger partial charge in [0, 0.05) is 6.42 Å². The molecule has 2 nitrogen and oxygen atoms in total. The van der Waals surface area contributed by atoms with Crippen LogP contribution < -0.4 is 0 Å². The minimum atomic E-state index is 0.0830. The second-order valence-electron chi connectivity index (χ2n) is 4.26. The van der Waals surface area contributed by atoms with Crippen molar-refractivity contribution in [1.29, 1.82) is 0 Å². The van der Waals surface area contributed by atoms with E-state index in [2.05, 4.69) is 36.3 Å². The summed E-state index contributed by atoms with van der Waals surface area (Å²) < 4.78 is 0. The van der Waals surface area contributed by atoms with Gasteiger partial charge in [-0.25, -0.2) is 0 Å². The molecule has 0 bridgehead atoms. The van der Waals surface area contributed by atoms with Crippen LogP contribution in [0.15, 0.2) is 35.5 Å². The summed E-state index contributed by atoms with van der Waals surface area (Å²) in [5.41, 5.74) is 2.47. The first kappa shape index (κ1) is 11.5. The molecule has 2 atom stereocenters. The van der Waals surface area contributed by atoms with Gasteiger partial charge in [0.15, 0.2) is 0 Å². The van der Waals surface area contributed by atoms with Crippen molar-refractivity contribution in [2.45, 2.75) is 31.8 Å². The van der Waals surface area contributed by atoms with Crippen LogP contribution >= 0.6 is 11.6 Å². The molecule has 16 heavy (non-hydrogen) atoms. The molecule has 1 aliphatic rings. The quantitative estimate of drug-likeness (QED) is 0.734. The maximum absolute atomic E-state index is 5.73. The molecule has 0 radical (unpaired) electrons. The van der Waals surface area contributed by atoms with E-state index in [-0.39, 0.29) is 6.10 Å². The lowest BCUT2D eigenvalue weighted by molar-refractivity contribution is 0.102. The Labute approximate surface area is 101 Å².